The number of rotatable bonds is 2. The predicted octanol–water partition coefficient (Wildman–Crippen LogP) is 1.34. The standard InChI is InChI=1S/C15H20N2O3S/c1-15(14(16)19)9-17(6-7-20-15)13(18)11-8-21-12-5-3-2-4-10(11)12/h8H,2-7,9H2,1H3,(H2,16,19)/t15-/m0/s1. The molecule has 0 saturated carbocycles. The number of thiophene rings is 1. The average molecular weight is 308 g/mol. The van der Waals surface area contributed by atoms with Crippen molar-refractivity contribution in [2.45, 2.75) is 38.2 Å². The number of hydrogen-bond donors (Lipinski definition) is 1. The van der Waals surface area contributed by atoms with Crippen LogP contribution in [-0.4, -0.2) is 42.0 Å². The van der Waals surface area contributed by atoms with Crippen LogP contribution in [0.1, 0.15) is 40.6 Å². The van der Waals surface area contributed by atoms with E-state index in [-0.39, 0.29) is 12.5 Å². The third-order valence-corrected chi connectivity index (χ3v) is 5.46. The van der Waals surface area contributed by atoms with Crippen molar-refractivity contribution in [1.82, 2.24) is 4.90 Å². The summed E-state index contributed by atoms with van der Waals surface area (Å²) < 4.78 is 5.47. The molecule has 1 saturated heterocycles. The van der Waals surface area contributed by atoms with Gasteiger partial charge in [0.05, 0.1) is 18.7 Å². The van der Waals surface area contributed by atoms with Crippen LogP contribution >= 0.6 is 11.3 Å². The summed E-state index contributed by atoms with van der Waals surface area (Å²) in [5.41, 5.74) is 6.33. The van der Waals surface area contributed by atoms with E-state index in [1.54, 1.807) is 23.2 Å². The van der Waals surface area contributed by atoms with Crippen LogP contribution < -0.4 is 5.73 Å². The van der Waals surface area contributed by atoms with Gasteiger partial charge in [-0.3, -0.25) is 9.59 Å². The van der Waals surface area contributed by atoms with Gasteiger partial charge < -0.3 is 15.4 Å². The van der Waals surface area contributed by atoms with Crippen molar-refractivity contribution in [1.29, 1.82) is 0 Å². The number of morpholine rings is 1. The van der Waals surface area contributed by atoms with Crippen LogP contribution in [0.25, 0.3) is 0 Å². The normalized spacial score (nSPS) is 25.5. The summed E-state index contributed by atoms with van der Waals surface area (Å²) in [5.74, 6) is -0.516. The van der Waals surface area contributed by atoms with E-state index in [1.807, 2.05) is 5.38 Å². The molecule has 114 valence electrons. The fraction of sp³-hybridized carbons (Fsp3) is 0.600. The molecule has 0 radical (unpaired) electrons. The molecule has 0 bridgehead atoms. The minimum atomic E-state index is -1.08. The number of carbonyl (C=O) groups is 2. The number of nitrogens with zero attached hydrogens (tertiary/aromatic N) is 1. The van der Waals surface area contributed by atoms with Gasteiger partial charge in [0.1, 0.15) is 0 Å². The molecule has 1 aliphatic heterocycles. The van der Waals surface area contributed by atoms with Gasteiger partial charge in [-0.2, -0.15) is 0 Å². The SMILES string of the molecule is C[C@@]1(C(N)=O)CN(C(=O)c2csc3c2CCCC3)CCO1. The highest BCUT2D eigenvalue weighted by Crippen LogP contribution is 2.31. The summed E-state index contributed by atoms with van der Waals surface area (Å²) >= 11 is 1.68. The van der Waals surface area contributed by atoms with Crippen molar-refractivity contribution in [2.24, 2.45) is 5.73 Å². The average Bonchev–Trinajstić information content (AvgIpc) is 2.90. The van der Waals surface area contributed by atoms with Gasteiger partial charge in [-0.15, -0.1) is 11.3 Å². The molecule has 1 atom stereocenters. The summed E-state index contributed by atoms with van der Waals surface area (Å²) in [6, 6.07) is 0. The number of primary amides is 1. The Balaban J connectivity index is 1.82. The minimum Gasteiger partial charge on any atom is -0.367 e. The molecule has 6 heteroatoms. The number of nitrogens with two attached hydrogens (primary N) is 1. The van der Waals surface area contributed by atoms with Crippen LogP contribution in [0.3, 0.4) is 0 Å². The zero-order valence-electron chi connectivity index (χ0n) is 12.2. The molecule has 0 aromatic carbocycles. The number of hydrogen-bond acceptors (Lipinski definition) is 4. The molecular formula is C15H20N2O3S. The molecule has 3 rings (SSSR count). The lowest BCUT2D eigenvalue weighted by atomic mass is 9.95. The number of amides is 2. The van der Waals surface area contributed by atoms with Crippen molar-refractivity contribution in [3.8, 4) is 0 Å². The summed E-state index contributed by atoms with van der Waals surface area (Å²) in [4.78, 5) is 27.3. The first-order chi connectivity index (χ1) is 10.0. The van der Waals surface area contributed by atoms with Crippen LogP contribution in [0.15, 0.2) is 5.38 Å². The molecule has 1 aromatic heterocycles. The van der Waals surface area contributed by atoms with Crippen LogP contribution in [0.2, 0.25) is 0 Å². The Labute approximate surface area is 128 Å². The van der Waals surface area contributed by atoms with Crippen LogP contribution in [0, 0.1) is 0 Å². The second-order valence-electron chi connectivity index (χ2n) is 5.93. The smallest absolute Gasteiger partial charge is 0.255 e. The summed E-state index contributed by atoms with van der Waals surface area (Å²) in [6.07, 6.45) is 4.41. The Bertz CT molecular complexity index is 583. The monoisotopic (exact) mass is 308 g/mol. The molecule has 2 aliphatic rings. The number of ether oxygens (including phenoxy) is 1. The summed E-state index contributed by atoms with van der Waals surface area (Å²) in [5, 5.41) is 1.97. The molecule has 5 nitrogen and oxygen atoms in total. The molecule has 0 spiro atoms. The van der Waals surface area contributed by atoms with Crippen LogP contribution in [0.4, 0.5) is 0 Å². The van der Waals surface area contributed by atoms with Gasteiger partial charge in [-0.25, -0.2) is 0 Å². The third-order valence-electron chi connectivity index (χ3n) is 4.37. The van der Waals surface area contributed by atoms with Gasteiger partial charge in [-0.1, -0.05) is 0 Å². The Kier molecular flexibility index (Phi) is 3.75. The summed E-state index contributed by atoms with van der Waals surface area (Å²) in [7, 11) is 0. The topological polar surface area (TPSA) is 72.6 Å². The predicted molar refractivity (Wildman–Crippen MR) is 80.4 cm³/mol. The fourth-order valence-corrected chi connectivity index (χ4v) is 4.16. The molecular weight excluding hydrogens is 288 g/mol. The van der Waals surface area contributed by atoms with Crippen molar-refractivity contribution in [3.05, 3.63) is 21.4 Å². The molecule has 2 N–H and O–H groups in total. The maximum absolute atomic E-state index is 12.8. The van der Waals surface area contributed by atoms with E-state index in [2.05, 4.69) is 0 Å². The first-order valence-electron chi connectivity index (χ1n) is 7.33. The van der Waals surface area contributed by atoms with Gasteiger partial charge in [0.2, 0.25) is 0 Å². The lowest BCUT2D eigenvalue weighted by Crippen LogP contribution is -2.58. The second kappa shape index (κ2) is 5.42. The molecule has 1 aromatic rings. The molecule has 21 heavy (non-hydrogen) atoms. The van der Waals surface area contributed by atoms with E-state index in [0.29, 0.717) is 13.2 Å². The Hall–Kier alpha value is -1.40. The first-order valence-corrected chi connectivity index (χ1v) is 8.21. The van der Waals surface area contributed by atoms with E-state index >= 15 is 0 Å². The van der Waals surface area contributed by atoms with Gasteiger partial charge >= 0.3 is 0 Å². The number of carbonyl (C=O) groups excluding carboxylic acids is 2. The van der Waals surface area contributed by atoms with Crippen molar-refractivity contribution < 1.29 is 14.3 Å². The minimum absolute atomic E-state index is 0.00479. The number of aryl methyl sites for hydroxylation is 1. The molecule has 2 amide bonds. The maximum atomic E-state index is 12.8. The molecule has 0 unspecified atom stereocenters. The zero-order chi connectivity index (χ0) is 15.0. The molecule has 2 heterocycles. The molecule has 1 aliphatic carbocycles. The Morgan fingerprint density at radius 1 is 1.38 bits per heavy atom. The van der Waals surface area contributed by atoms with Gasteiger partial charge in [-0.05, 0) is 38.2 Å². The van der Waals surface area contributed by atoms with E-state index in [4.69, 9.17) is 10.5 Å². The lowest BCUT2D eigenvalue weighted by molar-refractivity contribution is -0.150. The van der Waals surface area contributed by atoms with E-state index < -0.39 is 11.5 Å². The third kappa shape index (κ3) is 2.58. The highest BCUT2D eigenvalue weighted by molar-refractivity contribution is 7.10. The van der Waals surface area contributed by atoms with E-state index in [0.717, 1.165) is 24.8 Å². The Morgan fingerprint density at radius 3 is 2.90 bits per heavy atom. The zero-order valence-corrected chi connectivity index (χ0v) is 13.0. The van der Waals surface area contributed by atoms with Gasteiger partial charge in [0.15, 0.2) is 5.60 Å². The van der Waals surface area contributed by atoms with E-state index in [1.165, 1.54) is 16.9 Å². The largest absolute Gasteiger partial charge is 0.367 e. The van der Waals surface area contributed by atoms with Gasteiger partial charge in [0, 0.05) is 16.8 Å². The van der Waals surface area contributed by atoms with Gasteiger partial charge in [0.25, 0.3) is 11.8 Å². The highest BCUT2D eigenvalue weighted by atomic mass is 32.1. The fourth-order valence-electron chi connectivity index (χ4n) is 3.04. The van der Waals surface area contributed by atoms with Crippen molar-refractivity contribution >= 4 is 23.2 Å². The van der Waals surface area contributed by atoms with Crippen molar-refractivity contribution in [3.63, 3.8) is 0 Å². The maximum Gasteiger partial charge on any atom is 0.255 e. The quantitative estimate of drug-likeness (QED) is 0.896. The van der Waals surface area contributed by atoms with Crippen LogP contribution in [0.5, 0.6) is 0 Å². The summed E-state index contributed by atoms with van der Waals surface area (Å²) in [6.45, 7) is 2.73. The second-order valence-corrected chi connectivity index (χ2v) is 6.89. The van der Waals surface area contributed by atoms with Crippen molar-refractivity contribution in [2.75, 3.05) is 19.7 Å². The van der Waals surface area contributed by atoms with Crippen LogP contribution in [-0.2, 0) is 22.4 Å². The first kappa shape index (κ1) is 14.5. The Morgan fingerprint density at radius 2 is 2.14 bits per heavy atom. The number of fused-ring (bicyclic) bond motifs is 1. The molecule has 1 fully saturated rings. The highest BCUT2D eigenvalue weighted by Gasteiger charge is 2.40. The lowest BCUT2D eigenvalue weighted by Gasteiger charge is -2.38. The van der Waals surface area contributed by atoms with E-state index in [9.17, 15) is 9.59 Å².